The fraction of sp³-hybridized carbons (Fsp3) is 0.368. The first kappa shape index (κ1) is 17.3. The molecular formula is C19H22N6O2. The predicted molar refractivity (Wildman–Crippen MR) is 99.6 cm³/mol. The molecule has 0 aliphatic carbocycles. The van der Waals surface area contributed by atoms with Gasteiger partial charge in [-0.2, -0.15) is 10.2 Å². The van der Waals surface area contributed by atoms with Crippen molar-refractivity contribution in [2.45, 2.75) is 39.4 Å². The van der Waals surface area contributed by atoms with Crippen LogP contribution in [0.15, 0.2) is 41.5 Å². The third-order valence-electron chi connectivity index (χ3n) is 4.68. The molecule has 0 bridgehead atoms. The van der Waals surface area contributed by atoms with Gasteiger partial charge in [-0.05, 0) is 39.0 Å². The number of aromatic nitrogens is 5. The molecule has 0 aromatic carbocycles. The summed E-state index contributed by atoms with van der Waals surface area (Å²) in [5, 5.41) is 8.88. The van der Waals surface area contributed by atoms with E-state index in [1.54, 1.807) is 4.90 Å². The molecule has 3 aromatic heterocycles. The lowest BCUT2D eigenvalue weighted by Gasteiger charge is -2.24. The van der Waals surface area contributed by atoms with Gasteiger partial charge >= 0.3 is 0 Å². The van der Waals surface area contributed by atoms with Crippen molar-refractivity contribution in [2.24, 2.45) is 7.05 Å². The van der Waals surface area contributed by atoms with E-state index in [1.165, 1.54) is 23.9 Å². The van der Waals surface area contributed by atoms with Gasteiger partial charge in [-0.1, -0.05) is 0 Å². The van der Waals surface area contributed by atoms with Crippen molar-refractivity contribution in [3.63, 3.8) is 0 Å². The Morgan fingerprint density at radius 2 is 1.78 bits per heavy atom. The van der Waals surface area contributed by atoms with E-state index in [1.807, 2.05) is 33.8 Å². The Bertz CT molecular complexity index is 1070. The molecule has 8 nitrogen and oxygen atoms in total. The van der Waals surface area contributed by atoms with Crippen LogP contribution in [0, 0.1) is 0 Å². The Labute approximate surface area is 156 Å². The van der Waals surface area contributed by atoms with Gasteiger partial charge in [0.1, 0.15) is 11.5 Å². The van der Waals surface area contributed by atoms with Crippen LogP contribution >= 0.6 is 0 Å². The molecule has 0 unspecified atom stereocenters. The van der Waals surface area contributed by atoms with Gasteiger partial charge < -0.3 is 9.47 Å². The van der Waals surface area contributed by atoms with E-state index in [0.717, 1.165) is 17.1 Å². The molecule has 8 heteroatoms. The molecule has 0 saturated heterocycles. The van der Waals surface area contributed by atoms with Gasteiger partial charge in [-0.15, -0.1) is 0 Å². The van der Waals surface area contributed by atoms with Crippen molar-refractivity contribution >= 4 is 5.91 Å². The maximum atomic E-state index is 12.9. The van der Waals surface area contributed by atoms with Crippen LogP contribution in [0.4, 0.5) is 0 Å². The summed E-state index contributed by atoms with van der Waals surface area (Å²) in [6.07, 6.45) is 3.97. The maximum absolute atomic E-state index is 12.9. The van der Waals surface area contributed by atoms with Crippen LogP contribution in [0.25, 0.3) is 5.82 Å². The van der Waals surface area contributed by atoms with Gasteiger partial charge in [0.2, 0.25) is 0 Å². The topological polar surface area (TPSA) is 78.0 Å². The van der Waals surface area contributed by atoms with Gasteiger partial charge in [-0.3, -0.25) is 9.59 Å². The number of rotatable bonds is 2. The highest BCUT2D eigenvalue weighted by atomic mass is 16.2. The van der Waals surface area contributed by atoms with Crippen LogP contribution in [-0.4, -0.2) is 34.9 Å². The van der Waals surface area contributed by atoms with E-state index in [-0.39, 0.29) is 22.7 Å². The number of carbonyl (C=O) groups excluding carboxylic acids is 1. The SMILES string of the molecule is Cn1nc(C(=O)N2Cc3nn(C(C)(C)C)c(-n4cccc4)c3C2)ccc1=O. The number of hydrogen-bond acceptors (Lipinski definition) is 4. The van der Waals surface area contributed by atoms with Gasteiger partial charge in [0.05, 0.1) is 24.3 Å². The number of fused-ring (bicyclic) bond motifs is 1. The van der Waals surface area contributed by atoms with Crippen LogP contribution < -0.4 is 5.56 Å². The standard InChI is InChI=1S/C19H22N6O2/c1-19(2,3)25-17(23-9-5-6-10-23)13-11-24(12-15(13)21-25)18(27)14-7-8-16(26)22(4)20-14/h5-10H,11-12H2,1-4H3. The Balaban J connectivity index is 1.71. The molecule has 4 heterocycles. The summed E-state index contributed by atoms with van der Waals surface area (Å²) in [6, 6.07) is 6.78. The molecule has 27 heavy (non-hydrogen) atoms. The van der Waals surface area contributed by atoms with E-state index in [0.29, 0.717) is 13.1 Å². The molecule has 0 saturated carbocycles. The van der Waals surface area contributed by atoms with Gasteiger partial charge in [0, 0.05) is 31.1 Å². The molecule has 0 atom stereocenters. The third kappa shape index (κ3) is 2.87. The highest BCUT2D eigenvalue weighted by molar-refractivity contribution is 5.92. The Morgan fingerprint density at radius 1 is 1.07 bits per heavy atom. The van der Waals surface area contributed by atoms with Crippen LogP contribution in [0.3, 0.4) is 0 Å². The zero-order valence-electron chi connectivity index (χ0n) is 15.9. The lowest BCUT2D eigenvalue weighted by molar-refractivity contribution is 0.0739. The van der Waals surface area contributed by atoms with Crippen LogP contribution in [0.2, 0.25) is 0 Å². The minimum atomic E-state index is -0.243. The van der Waals surface area contributed by atoms with Gasteiger partial charge in [0.15, 0.2) is 0 Å². The summed E-state index contributed by atoms with van der Waals surface area (Å²) < 4.78 is 5.23. The van der Waals surface area contributed by atoms with Crippen molar-refractivity contribution in [3.8, 4) is 5.82 Å². The molecule has 1 aliphatic heterocycles. The predicted octanol–water partition coefficient (Wildman–Crippen LogP) is 1.68. The molecule has 0 fully saturated rings. The van der Waals surface area contributed by atoms with E-state index < -0.39 is 0 Å². The molecule has 3 aromatic rings. The Hall–Kier alpha value is -3.16. The number of aryl methyl sites for hydroxylation is 1. The van der Waals surface area contributed by atoms with E-state index >= 15 is 0 Å². The first-order chi connectivity index (χ1) is 12.8. The van der Waals surface area contributed by atoms with Crippen molar-refractivity contribution in [1.29, 1.82) is 0 Å². The summed E-state index contributed by atoms with van der Waals surface area (Å²) in [6.45, 7) is 7.22. The summed E-state index contributed by atoms with van der Waals surface area (Å²) in [5.41, 5.74) is 1.77. The second-order valence-corrected chi connectivity index (χ2v) is 7.76. The minimum Gasteiger partial charge on any atom is -0.327 e. The van der Waals surface area contributed by atoms with E-state index in [9.17, 15) is 9.59 Å². The third-order valence-corrected chi connectivity index (χ3v) is 4.68. The van der Waals surface area contributed by atoms with Crippen LogP contribution in [0.1, 0.15) is 42.5 Å². The monoisotopic (exact) mass is 366 g/mol. The lowest BCUT2D eigenvalue weighted by Crippen LogP contribution is -2.31. The van der Waals surface area contributed by atoms with Crippen LogP contribution in [-0.2, 0) is 25.7 Å². The Kier molecular flexibility index (Phi) is 3.80. The fourth-order valence-electron chi connectivity index (χ4n) is 3.33. The number of nitrogens with zero attached hydrogens (tertiary/aromatic N) is 6. The summed E-state index contributed by atoms with van der Waals surface area (Å²) in [7, 11) is 1.54. The zero-order chi connectivity index (χ0) is 19.3. The first-order valence-electron chi connectivity index (χ1n) is 8.84. The fourth-order valence-corrected chi connectivity index (χ4v) is 3.33. The first-order valence-corrected chi connectivity index (χ1v) is 8.84. The molecule has 1 amide bonds. The summed E-state index contributed by atoms with van der Waals surface area (Å²) >= 11 is 0. The van der Waals surface area contributed by atoms with Crippen molar-refractivity contribution in [3.05, 3.63) is 64.0 Å². The van der Waals surface area contributed by atoms with Crippen molar-refractivity contribution < 1.29 is 4.79 Å². The smallest absolute Gasteiger partial charge is 0.274 e. The quantitative estimate of drug-likeness (QED) is 0.691. The molecule has 1 aliphatic rings. The number of carbonyl (C=O) groups is 1. The van der Waals surface area contributed by atoms with Crippen molar-refractivity contribution in [1.82, 2.24) is 29.0 Å². The molecule has 0 N–H and O–H groups in total. The highest BCUT2D eigenvalue weighted by Gasteiger charge is 2.34. The second kappa shape index (κ2) is 5.94. The maximum Gasteiger partial charge on any atom is 0.274 e. The summed E-state index contributed by atoms with van der Waals surface area (Å²) in [4.78, 5) is 26.1. The Morgan fingerprint density at radius 3 is 2.41 bits per heavy atom. The molecular weight excluding hydrogens is 344 g/mol. The largest absolute Gasteiger partial charge is 0.327 e. The van der Waals surface area contributed by atoms with E-state index in [4.69, 9.17) is 5.10 Å². The van der Waals surface area contributed by atoms with Gasteiger partial charge in [0.25, 0.3) is 11.5 Å². The average Bonchev–Trinajstić information content (AvgIpc) is 3.30. The lowest BCUT2D eigenvalue weighted by atomic mass is 10.1. The van der Waals surface area contributed by atoms with Gasteiger partial charge in [-0.25, -0.2) is 9.36 Å². The highest BCUT2D eigenvalue weighted by Crippen LogP contribution is 2.32. The second-order valence-electron chi connectivity index (χ2n) is 7.76. The van der Waals surface area contributed by atoms with Crippen LogP contribution in [0.5, 0.6) is 0 Å². The minimum absolute atomic E-state index is 0.182. The molecule has 0 spiro atoms. The average molecular weight is 366 g/mol. The van der Waals surface area contributed by atoms with E-state index in [2.05, 4.69) is 25.9 Å². The van der Waals surface area contributed by atoms with Crippen molar-refractivity contribution in [2.75, 3.05) is 0 Å². The summed E-state index contributed by atoms with van der Waals surface area (Å²) in [5.74, 6) is 0.774. The molecule has 0 radical (unpaired) electrons. The number of hydrogen-bond donors (Lipinski definition) is 0. The zero-order valence-corrected chi connectivity index (χ0v) is 15.9. The number of amides is 1. The normalized spacial score (nSPS) is 13.9. The molecule has 4 rings (SSSR count). The molecule has 140 valence electrons.